The molecule has 3 heteroatoms. The van der Waals surface area contributed by atoms with Crippen molar-refractivity contribution in [3.63, 3.8) is 0 Å². The van der Waals surface area contributed by atoms with E-state index in [-0.39, 0.29) is 0 Å². The maximum atomic E-state index is 5.32. The predicted octanol–water partition coefficient (Wildman–Crippen LogP) is 12.6. The highest BCUT2D eigenvalue weighted by Gasteiger charge is 2.46. The molecule has 0 unspecified atom stereocenters. The topological polar surface area (TPSA) is 38.7 Å². The van der Waals surface area contributed by atoms with Gasteiger partial charge in [-0.3, -0.25) is 4.98 Å². The van der Waals surface area contributed by atoms with Crippen LogP contribution >= 0.6 is 0 Å². The van der Waals surface area contributed by atoms with Crippen molar-refractivity contribution in [2.24, 2.45) is 0 Å². The van der Waals surface area contributed by atoms with Crippen LogP contribution in [0.5, 0.6) is 0 Å². The highest BCUT2D eigenvalue weighted by molar-refractivity contribution is 5.87. The van der Waals surface area contributed by atoms with Gasteiger partial charge in [-0.05, 0) is 86.0 Å². The zero-order valence-corrected chi connectivity index (χ0v) is 30.0. The van der Waals surface area contributed by atoms with E-state index in [1.54, 1.807) is 0 Å². The Morgan fingerprint density at radius 3 is 1.47 bits per heavy atom. The third-order valence-corrected chi connectivity index (χ3v) is 10.9. The molecular weight excluding hydrogens is 667 g/mol. The van der Waals surface area contributed by atoms with Gasteiger partial charge in [0, 0.05) is 29.1 Å². The summed E-state index contributed by atoms with van der Waals surface area (Å²) in [6, 6.07) is 71.4. The molecule has 258 valence electrons. The van der Waals surface area contributed by atoms with Gasteiger partial charge in [0.1, 0.15) is 0 Å². The summed E-state index contributed by atoms with van der Waals surface area (Å²) in [5.74, 6) is 0.690. The van der Waals surface area contributed by atoms with Gasteiger partial charge in [0.15, 0.2) is 5.82 Å². The molecule has 2 aromatic heterocycles. The lowest BCUT2D eigenvalue weighted by Gasteiger charge is -2.34. The number of rotatable bonds is 7. The Bertz CT molecular complexity index is 2770. The number of hydrogen-bond acceptors (Lipinski definition) is 3. The molecule has 0 amide bonds. The maximum Gasteiger partial charge on any atom is 0.160 e. The Balaban J connectivity index is 1.19. The molecule has 1 aliphatic carbocycles. The van der Waals surface area contributed by atoms with Gasteiger partial charge >= 0.3 is 0 Å². The predicted molar refractivity (Wildman–Crippen MR) is 224 cm³/mol. The number of benzene rings is 7. The molecule has 7 aromatic carbocycles. The number of hydrogen-bond donors (Lipinski definition) is 0. The first kappa shape index (κ1) is 32.4. The van der Waals surface area contributed by atoms with Gasteiger partial charge in [-0.1, -0.05) is 170 Å². The summed E-state index contributed by atoms with van der Waals surface area (Å²) in [6.45, 7) is 0. The minimum absolute atomic E-state index is 0.580. The van der Waals surface area contributed by atoms with E-state index in [1.165, 1.54) is 33.4 Å². The van der Waals surface area contributed by atoms with Crippen LogP contribution in [0, 0.1) is 0 Å². The zero-order valence-electron chi connectivity index (χ0n) is 30.0. The molecule has 0 aliphatic heterocycles. The molecule has 0 N–H and O–H groups in total. The molecule has 0 atom stereocenters. The van der Waals surface area contributed by atoms with Crippen molar-refractivity contribution in [3.05, 3.63) is 235 Å². The lowest BCUT2D eigenvalue weighted by molar-refractivity contribution is 0.769. The maximum absolute atomic E-state index is 5.32. The van der Waals surface area contributed by atoms with E-state index in [9.17, 15) is 0 Å². The molecule has 0 bridgehead atoms. The van der Waals surface area contributed by atoms with E-state index in [2.05, 4.69) is 187 Å². The molecule has 9 aromatic rings. The van der Waals surface area contributed by atoms with Crippen LogP contribution < -0.4 is 0 Å². The fraction of sp³-hybridized carbons (Fsp3) is 0.0192. The van der Waals surface area contributed by atoms with E-state index in [1.807, 2.05) is 30.6 Å². The highest BCUT2D eigenvalue weighted by Crippen LogP contribution is 2.56. The second kappa shape index (κ2) is 13.6. The van der Waals surface area contributed by atoms with Crippen molar-refractivity contribution in [1.29, 1.82) is 0 Å². The van der Waals surface area contributed by atoms with Gasteiger partial charge < -0.3 is 0 Å². The number of fused-ring (bicyclic) bond motifs is 3. The molecule has 10 rings (SSSR count). The Hall–Kier alpha value is -7.23. The first-order valence-electron chi connectivity index (χ1n) is 18.7. The van der Waals surface area contributed by atoms with Gasteiger partial charge in [0.05, 0.1) is 16.8 Å². The van der Waals surface area contributed by atoms with Crippen LogP contribution in [0.15, 0.2) is 213 Å². The molecule has 0 radical (unpaired) electrons. The summed E-state index contributed by atoms with van der Waals surface area (Å²) >= 11 is 0. The van der Waals surface area contributed by atoms with Gasteiger partial charge in [0.2, 0.25) is 0 Å². The molecule has 1 aliphatic rings. The van der Waals surface area contributed by atoms with Crippen molar-refractivity contribution < 1.29 is 0 Å². The quantitative estimate of drug-likeness (QED) is 0.166. The van der Waals surface area contributed by atoms with Gasteiger partial charge in [-0.2, -0.15) is 0 Å². The van der Waals surface area contributed by atoms with Crippen LogP contribution in [-0.2, 0) is 5.41 Å². The van der Waals surface area contributed by atoms with Crippen LogP contribution in [0.25, 0.3) is 67.3 Å². The normalized spacial score (nSPS) is 12.5. The van der Waals surface area contributed by atoms with Crippen LogP contribution in [0.2, 0.25) is 0 Å². The minimum Gasteiger partial charge on any atom is -0.264 e. The minimum atomic E-state index is -0.580. The monoisotopic (exact) mass is 701 g/mol. The van der Waals surface area contributed by atoms with Gasteiger partial charge in [0.25, 0.3) is 0 Å². The van der Waals surface area contributed by atoms with E-state index < -0.39 is 5.41 Å². The Labute approximate surface area is 321 Å². The summed E-state index contributed by atoms with van der Waals surface area (Å²) in [5, 5.41) is 0. The third kappa shape index (κ3) is 5.65. The van der Waals surface area contributed by atoms with E-state index in [0.29, 0.717) is 5.82 Å². The molecule has 3 nitrogen and oxygen atoms in total. The van der Waals surface area contributed by atoms with Crippen LogP contribution in [-0.4, -0.2) is 15.0 Å². The third-order valence-electron chi connectivity index (χ3n) is 10.9. The second-order valence-electron chi connectivity index (χ2n) is 14.0. The molecular formula is C52H35N3. The summed E-state index contributed by atoms with van der Waals surface area (Å²) in [4.78, 5) is 14.9. The second-order valence-corrected chi connectivity index (χ2v) is 14.0. The van der Waals surface area contributed by atoms with Crippen molar-refractivity contribution in [3.8, 4) is 67.3 Å². The van der Waals surface area contributed by atoms with E-state index in [4.69, 9.17) is 9.97 Å². The molecule has 0 saturated heterocycles. The zero-order chi connectivity index (χ0) is 36.6. The SMILES string of the molecule is c1ccc(-c2cccc(-c3nc(-c4ccccc4)cc(-c4cccc(C5(c6cccc(-c7cccnc7)c6)c6ccccc6-c6ccccc65)c4)n3)c2)cc1. The first-order chi connectivity index (χ1) is 27.3. The van der Waals surface area contributed by atoms with Crippen LogP contribution in [0.3, 0.4) is 0 Å². The number of nitrogens with zero attached hydrogens (tertiary/aromatic N) is 3. The lowest BCUT2D eigenvalue weighted by Crippen LogP contribution is -2.28. The molecule has 0 fully saturated rings. The number of aromatic nitrogens is 3. The summed E-state index contributed by atoms with van der Waals surface area (Å²) < 4.78 is 0. The van der Waals surface area contributed by atoms with E-state index in [0.717, 1.165) is 50.3 Å². The fourth-order valence-electron chi connectivity index (χ4n) is 8.35. The van der Waals surface area contributed by atoms with Gasteiger partial charge in [-0.25, -0.2) is 9.97 Å². The largest absolute Gasteiger partial charge is 0.264 e. The summed E-state index contributed by atoms with van der Waals surface area (Å²) in [6.07, 6.45) is 3.76. The summed E-state index contributed by atoms with van der Waals surface area (Å²) in [5.41, 5.74) is 16.2. The lowest BCUT2D eigenvalue weighted by atomic mass is 9.67. The smallest absolute Gasteiger partial charge is 0.160 e. The van der Waals surface area contributed by atoms with Crippen molar-refractivity contribution in [2.75, 3.05) is 0 Å². The average Bonchev–Trinajstić information content (AvgIpc) is 3.58. The number of pyridine rings is 1. The van der Waals surface area contributed by atoms with Crippen molar-refractivity contribution in [2.45, 2.75) is 5.41 Å². The Morgan fingerprint density at radius 1 is 0.327 bits per heavy atom. The first-order valence-corrected chi connectivity index (χ1v) is 18.7. The highest BCUT2D eigenvalue weighted by atomic mass is 14.9. The average molecular weight is 702 g/mol. The van der Waals surface area contributed by atoms with Crippen LogP contribution in [0.1, 0.15) is 22.3 Å². The summed E-state index contributed by atoms with van der Waals surface area (Å²) in [7, 11) is 0. The van der Waals surface area contributed by atoms with Gasteiger partial charge in [-0.15, -0.1) is 0 Å². The van der Waals surface area contributed by atoms with Crippen LogP contribution in [0.4, 0.5) is 0 Å². The Kier molecular flexibility index (Phi) is 8.04. The molecule has 0 saturated carbocycles. The van der Waals surface area contributed by atoms with E-state index >= 15 is 0 Å². The van der Waals surface area contributed by atoms with Crippen molar-refractivity contribution >= 4 is 0 Å². The standard InChI is InChI=1S/C52H35N3/c1-3-15-36(16-4-1)38-19-11-22-41(31-38)51-54-49(37-17-5-2-6-18-37)34-50(55-51)40-21-13-25-44(33-40)52(43-24-12-20-39(32-43)42-23-14-30-53-35-42)47-28-9-7-26-45(47)46-27-8-10-29-48(46)52/h1-35H. The van der Waals surface area contributed by atoms with Crippen molar-refractivity contribution in [1.82, 2.24) is 15.0 Å². The molecule has 55 heavy (non-hydrogen) atoms. The fourth-order valence-corrected chi connectivity index (χ4v) is 8.35. The molecule has 2 heterocycles. The molecule has 0 spiro atoms. The Morgan fingerprint density at radius 2 is 0.818 bits per heavy atom.